The lowest BCUT2D eigenvalue weighted by Crippen LogP contribution is -2.33. The van der Waals surface area contributed by atoms with Crippen molar-refractivity contribution in [3.63, 3.8) is 0 Å². The lowest BCUT2D eigenvalue weighted by Gasteiger charge is -2.27. The molecule has 0 aromatic heterocycles. The molecule has 1 saturated carbocycles. The Morgan fingerprint density at radius 2 is 2.00 bits per heavy atom. The van der Waals surface area contributed by atoms with Crippen molar-refractivity contribution in [1.82, 2.24) is 5.32 Å². The second-order valence-electron chi connectivity index (χ2n) is 7.17. The Labute approximate surface area is 173 Å². The largest absolute Gasteiger partial charge is 0.349 e. The van der Waals surface area contributed by atoms with Crippen LogP contribution in [0.1, 0.15) is 41.6 Å². The summed E-state index contributed by atoms with van der Waals surface area (Å²) in [5, 5.41) is 3.74. The molecule has 0 atom stereocenters. The Bertz CT molecular complexity index is 967. The summed E-state index contributed by atoms with van der Waals surface area (Å²) in [6.07, 6.45) is 6.28. The van der Waals surface area contributed by atoms with E-state index in [1.54, 1.807) is 24.1 Å². The predicted octanol–water partition coefficient (Wildman–Crippen LogP) is 5.12. The second-order valence-corrected chi connectivity index (χ2v) is 8.69. The van der Waals surface area contributed by atoms with Crippen molar-refractivity contribution < 1.29 is 9.59 Å². The summed E-state index contributed by atoms with van der Waals surface area (Å²) in [7, 11) is 1.74. The minimum Gasteiger partial charge on any atom is -0.349 e. The highest BCUT2D eigenvalue weighted by Gasteiger charge is 2.28. The number of nitrogens with one attached hydrogen (secondary N) is 1. The number of likely N-dealkylation sites (N-methyl/N-ethyl adjacent to an activating group) is 1. The molecule has 2 aromatic carbocycles. The molecule has 2 aromatic rings. The lowest BCUT2D eigenvalue weighted by molar-refractivity contribution is -0.114. The molecule has 0 radical (unpaired) electrons. The van der Waals surface area contributed by atoms with E-state index >= 15 is 0 Å². The van der Waals surface area contributed by atoms with Crippen LogP contribution in [0, 0.1) is 0 Å². The van der Waals surface area contributed by atoms with Crippen LogP contribution in [-0.4, -0.2) is 24.9 Å². The maximum absolute atomic E-state index is 12.8. The zero-order chi connectivity index (χ0) is 19.7. The molecule has 4 nitrogen and oxygen atoms in total. The highest BCUT2D eigenvalue weighted by atomic mass is 35.5. The van der Waals surface area contributed by atoms with Gasteiger partial charge in [0.25, 0.3) is 11.8 Å². The van der Waals surface area contributed by atoms with Gasteiger partial charge in [-0.1, -0.05) is 48.3 Å². The zero-order valence-corrected chi connectivity index (χ0v) is 17.1. The van der Waals surface area contributed by atoms with E-state index < -0.39 is 0 Å². The molecule has 0 saturated heterocycles. The molecule has 4 rings (SSSR count). The van der Waals surface area contributed by atoms with Crippen LogP contribution in [0.15, 0.2) is 52.3 Å². The van der Waals surface area contributed by atoms with Gasteiger partial charge in [-0.25, -0.2) is 0 Å². The molecule has 144 valence electrons. The number of benzene rings is 2. The quantitative estimate of drug-likeness (QED) is 0.711. The average molecular weight is 413 g/mol. The van der Waals surface area contributed by atoms with Gasteiger partial charge in [-0.3, -0.25) is 9.59 Å². The molecule has 0 unspecified atom stereocenters. The van der Waals surface area contributed by atoms with Gasteiger partial charge in [0, 0.05) is 28.6 Å². The third-order valence-corrected chi connectivity index (χ3v) is 6.47. The van der Waals surface area contributed by atoms with E-state index in [0.29, 0.717) is 15.5 Å². The summed E-state index contributed by atoms with van der Waals surface area (Å²) in [5.41, 5.74) is 2.23. The minimum atomic E-state index is -0.0918. The summed E-state index contributed by atoms with van der Waals surface area (Å²) >= 11 is 7.47. The number of amides is 2. The third-order valence-electron chi connectivity index (χ3n) is 5.15. The number of nitrogens with zero attached hydrogens (tertiary/aromatic N) is 1. The van der Waals surface area contributed by atoms with Crippen LogP contribution in [0.2, 0.25) is 5.02 Å². The highest BCUT2D eigenvalue weighted by molar-refractivity contribution is 8.04. The van der Waals surface area contributed by atoms with E-state index in [0.717, 1.165) is 29.0 Å². The van der Waals surface area contributed by atoms with E-state index in [1.807, 2.05) is 36.4 Å². The Hall–Kier alpha value is -2.24. The molecule has 1 aliphatic heterocycles. The number of carbonyl (C=O) groups is 2. The topological polar surface area (TPSA) is 49.4 Å². The van der Waals surface area contributed by atoms with Crippen LogP contribution >= 0.6 is 23.4 Å². The molecular weight excluding hydrogens is 392 g/mol. The van der Waals surface area contributed by atoms with E-state index in [1.165, 1.54) is 24.6 Å². The molecule has 1 aliphatic carbocycles. The lowest BCUT2D eigenvalue weighted by atomic mass is 10.1. The normalized spacial score (nSPS) is 18.4. The molecule has 0 spiro atoms. The first-order chi connectivity index (χ1) is 13.5. The first kappa shape index (κ1) is 19.1. The van der Waals surface area contributed by atoms with Crippen molar-refractivity contribution in [1.29, 1.82) is 0 Å². The number of hydrogen-bond donors (Lipinski definition) is 1. The van der Waals surface area contributed by atoms with Crippen molar-refractivity contribution >= 4 is 46.9 Å². The van der Waals surface area contributed by atoms with Gasteiger partial charge in [-0.05, 0) is 54.8 Å². The smallest absolute Gasteiger partial charge is 0.264 e. The van der Waals surface area contributed by atoms with Crippen molar-refractivity contribution in [2.24, 2.45) is 0 Å². The Morgan fingerprint density at radius 3 is 2.75 bits per heavy atom. The number of hydrogen-bond acceptors (Lipinski definition) is 3. The van der Waals surface area contributed by atoms with Crippen molar-refractivity contribution in [2.45, 2.75) is 36.6 Å². The van der Waals surface area contributed by atoms with Gasteiger partial charge in [-0.15, -0.1) is 0 Å². The van der Waals surface area contributed by atoms with Gasteiger partial charge in [-0.2, -0.15) is 0 Å². The van der Waals surface area contributed by atoms with Gasteiger partial charge in [0.1, 0.15) is 0 Å². The fraction of sp³-hybridized carbons (Fsp3) is 0.273. The molecule has 2 amide bonds. The number of anilines is 1. The SMILES string of the molecule is CN1C(=O)C(=Cc2cccc(Cl)c2)Sc2ccc(C(=O)NC3CCCC3)cc21. The summed E-state index contributed by atoms with van der Waals surface area (Å²) in [4.78, 5) is 28.6. The number of rotatable bonds is 3. The van der Waals surface area contributed by atoms with Gasteiger partial charge in [0.15, 0.2) is 0 Å². The monoisotopic (exact) mass is 412 g/mol. The van der Waals surface area contributed by atoms with Crippen LogP contribution in [0.4, 0.5) is 5.69 Å². The summed E-state index contributed by atoms with van der Waals surface area (Å²) in [6.45, 7) is 0. The fourth-order valence-electron chi connectivity index (χ4n) is 3.62. The molecule has 1 N–H and O–H groups in total. The predicted molar refractivity (Wildman–Crippen MR) is 115 cm³/mol. The number of thioether (sulfide) groups is 1. The number of fused-ring (bicyclic) bond motifs is 1. The molecular formula is C22H21ClN2O2S. The first-order valence-electron chi connectivity index (χ1n) is 9.39. The summed E-state index contributed by atoms with van der Waals surface area (Å²) in [5.74, 6) is -0.161. The third kappa shape index (κ3) is 3.96. The molecule has 28 heavy (non-hydrogen) atoms. The van der Waals surface area contributed by atoms with Gasteiger partial charge < -0.3 is 10.2 Å². The summed E-state index contributed by atoms with van der Waals surface area (Å²) in [6, 6.07) is 13.2. The van der Waals surface area contributed by atoms with Crippen LogP contribution in [0.5, 0.6) is 0 Å². The maximum atomic E-state index is 12.8. The van der Waals surface area contributed by atoms with Gasteiger partial charge in [0.05, 0.1) is 10.6 Å². The standard InChI is InChI=1S/C22H21ClN2O2S/c1-25-18-13-15(21(26)24-17-7-2-3-8-17)9-10-19(18)28-20(22(25)27)12-14-5-4-6-16(23)11-14/h4-6,9-13,17H,2-3,7-8H2,1H3,(H,24,26). The Morgan fingerprint density at radius 1 is 1.21 bits per heavy atom. The number of halogens is 1. The van der Waals surface area contributed by atoms with Gasteiger partial charge in [0.2, 0.25) is 0 Å². The first-order valence-corrected chi connectivity index (χ1v) is 10.6. The zero-order valence-electron chi connectivity index (χ0n) is 15.6. The van der Waals surface area contributed by atoms with Crippen molar-refractivity contribution in [3.8, 4) is 0 Å². The summed E-state index contributed by atoms with van der Waals surface area (Å²) < 4.78 is 0. The number of carbonyl (C=O) groups excluding carboxylic acids is 2. The minimum absolute atomic E-state index is 0.0687. The van der Waals surface area contributed by atoms with E-state index in [4.69, 9.17) is 11.6 Å². The van der Waals surface area contributed by atoms with Crippen LogP contribution < -0.4 is 10.2 Å². The molecule has 0 bridgehead atoms. The molecule has 1 heterocycles. The van der Waals surface area contributed by atoms with E-state index in [9.17, 15) is 9.59 Å². The van der Waals surface area contributed by atoms with Crippen LogP contribution in [-0.2, 0) is 4.79 Å². The van der Waals surface area contributed by atoms with E-state index in [-0.39, 0.29) is 17.9 Å². The average Bonchev–Trinajstić information content (AvgIpc) is 3.19. The fourth-order valence-corrected chi connectivity index (χ4v) is 4.91. The van der Waals surface area contributed by atoms with Crippen molar-refractivity contribution in [2.75, 3.05) is 11.9 Å². The molecule has 6 heteroatoms. The van der Waals surface area contributed by atoms with Crippen LogP contribution in [0.3, 0.4) is 0 Å². The molecule has 2 aliphatic rings. The second kappa shape index (κ2) is 8.02. The highest BCUT2D eigenvalue weighted by Crippen LogP contribution is 2.42. The maximum Gasteiger partial charge on any atom is 0.264 e. The van der Waals surface area contributed by atoms with Gasteiger partial charge >= 0.3 is 0 Å². The molecule has 1 fully saturated rings. The van der Waals surface area contributed by atoms with Crippen molar-refractivity contribution in [3.05, 3.63) is 63.5 Å². The Balaban J connectivity index is 1.59. The Kier molecular flexibility index (Phi) is 5.47. The van der Waals surface area contributed by atoms with E-state index in [2.05, 4.69) is 5.32 Å². The van der Waals surface area contributed by atoms with Crippen LogP contribution in [0.25, 0.3) is 6.08 Å².